The molecule has 1 fully saturated rings. The molecule has 0 spiro atoms. The van der Waals surface area contributed by atoms with Crippen molar-refractivity contribution in [3.63, 3.8) is 0 Å². The molecule has 1 saturated heterocycles. The number of piperidine rings is 1. The van der Waals surface area contributed by atoms with E-state index < -0.39 is 5.82 Å². The molecule has 0 saturated carbocycles. The van der Waals surface area contributed by atoms with Gasteiger partial charge >= 0.3 is 0 Å². The monoisotopic (exact) mass is 317 g/mol. The van der Waals surface area contributed by atoms with E-state index in [0.29, 0.717) is 16.1 Å². The molecule has 100 valence electrons. The molecule has 3 nitrogen and oxygen atoms in total. The van der Waals surface area contributed by atoms with Crippen molar-refractivity contribution >= 4 is 15.9 Å². The molecular weight excluding hydrogens is 301 g/mol. The summed E-state index contributed by atoms with van der Waals surface area (Å²) in [6.45, 7) is 1.93. The number of benzene rings is 1. The van der Waals surface area contributed by atoms with Crippen LogP contribution in [0.15, 0.2) is 10.5 Å². The third kappa shape index (κ3) is 2.47. The van der Waals surface area contributed by atoms with E-state index in [2.05, 4.69) is 21.2 Å². The Bertz CT molecular complexity index is 433. The van der Waals surface area contributed by atoms with Crippen molar-refractivity contribution in [2.75, 3.05) is 27.3 Å². The minimum atomic E-state index is -0.415. The van der Waals surface area contributed by atoms with Crippen molar-refractivity contribution in [1.29, 1.82) is 0 Å². The topological polar surface area (TPSA) is 30.5 Å². The molecular formula is C13H17BrFNO2. The van der Waals surface area contributed by atoms with Crippen LogP contribution >= 0.6 is 15.9 Å². The lowest BCUT2D eigenvalue weighted by atomic mass is 9.90. The maximum atomic E-state index is 13.9. The minimum absolute atomic E-state index is 0.174. The number of rotatable bonds is 3. The van der Waals surface area contributed by atoms with Crippen molar-refractivity contribution in [3.8, 4) is 11.5 Å². The number of methoxy groups -OCH3 is 2. The highest BCUT2D eigenvalue weighted by atomic mass is 79.9. The molecule has 1 atom stereocenters. The van der Waals surface area contributed by atoms with Crippen molar-refractivity contribution < 1.29 is 13.9 Å². The Kier molecular flexibility index (Phi) is 4.45. The standard InChI is InChI=1S/C13H17BrFNO2/c1-17-12-9(8-4-3-5-16-7-8)6-10(14)11(15)13(12)18-2/h6,8,16H,3-5,7H2,1-2H3. The summed E-state index contributed by atoms with van der Waals surface area (Å²) in [5.74, 6) is 0.598. The maximum absolute atomic E-state index is 13.9. The first-order valence-electron chi connectivity index (χ1n) is 5.99. The van der Waals surface area contributed by atoms with Gasteiger partial charge in [0.25, 0.3) is 0 Å². The highest BCUT2D eigenvalue weighted by Crippen LogP contribution is 2.42. The fraction of sp³-hybridized carbons (Fsp3) is 0.538. The molecule has 0 radical (unpaired) electrons. The van der Waals surface area contributed by atoms with Crippen LogP contribution in [0.2, 0.25) is 0 Å². The summed E-state index contributed by atoms with van der Waals surface area (Å²) < 4.78 is 24.8. The van der Waals surface area contributed by atoms with Crippen LogP contribution in [0.1, 0.15) is 24.3 Å². The molecule has 1 N–H and O–H groups in total. The molecule has 2 rings (SSSR count). The Morgan fingerprint density at radius 1 is 1.33 bits per heavy atom. The summed E-state index contributed by atoms with van der Waals surface area (Å²) >= 11 is 3.24. The molecule has 1 aromatic rings. The molecule has 5 heteroatoms. The normalized spacial score (nSPS) is 19.7. The average molecular weight is 318 g/mol. The summed E-state index contributed by atoms with van der Waals surface area (Å²) in [4.78, 5) is 0. The summed E-state index contributed by atoms with van der Waals surface area (Å²) in [7, 11) is 3.00. The molecule has 1 aromatic carbocycles. The fourth-order valence-corrected chi connectivity index (χ4v) is 2.84. The molecule has 0 aromatic heterocycles. The third-order valence-electron chi connectivity index (χ3n) is 3.30. The first-order valence-corrected chi connectivity index (χ1v) is 6.79. The smallest absolute Gasteiger partial charge is 0.198 e. The van der Waals surface area contributed by atoms with E-state index in [4.69, 9.17) is 9.47 Å². The number of hydrogen-bond acceptors (Lipinski definition) is 3. The summed E-state index contributed by atoms with van der Waals surface area (Å²) in [6.07, 6.45) is 2.19. The highest BCUT2D eigenvalue weighted by Gasteiger charge is 2.25. The molecule has 0 aliphatic carbocycles. The van der Waals surface area contributed by atoms with Crippen LogP contribution in [-0.4, -0.2) is 27.3 Å². The van der Waals surface area contributed by atoms with Gasteiger partial charge in [-0.1, -0.05) is 0 Å². The number of nitrogens with one attached hydrogen (secondary N) is 1. The van der Waals surface area contributed by atoms with Crippen molar-refractivity contribution in [2.45, 2.75) is 18.8 Å². The molecule has 1 unspecified atom stereocenters. The van der Waals surface area contributed by atoms with Crippen molar-refractivity contribution in [3.05, 3.63) is 21.9 Å². The highest BCUT2D eigenvalue weighted by molar-refractivity contribution is 9.10. The van der Waals surface area contributed by atoms with Gasteiger partial charge in [0, 0.05) is 18.0 Å². The second kappa shape index (κ2) is 5.89. The first-order chi connectivity index (χ1) is 8.69. The van der Waals surface area contributed by atoms with E-state index in [-0.39, 0.29) is 5.75 Å². The third-order valence-corrected chi connectivity index (χ3v) is 3.88. The van der Waals surface area contributed by atoms with Gasteiger partial charge in [-0.25, -0.2) is 4.39 Å². The number of halogens is 2. The molecule has 1 aliphatic rings. The Morgan fingerprint density at radius 2 is 2.06 bits per heavy atom. The van der Waals surface area contributed by atoms with E-state index >= 15 is 0 Å². The SMILES string of the molecule is COc1c(C2CCCNC2)cc(Br)c(F)c1OC. The Balaban J connectivity index is 2.47. The first kappa shape index (κ1) is 13.6. The van der Waals surface area contributed by atoms with Gasteiger partial charge in [-0.15, -0.1) is 0 Å². The van der Waals surface area contributed by atoms with Gasteiger partial charge in [0.05, 0.1) is 18.7 Å². The fourth-order valence-electron chi connectivity index (χ4n) is 2.42. The zero-order valence-electron chi connectivity index (χ0n) is 10.6. The van der Waals surface area contributed by atoms with Gasteiger partial charge in [0.15, 0.2) is 17.3 Å². The average Bonchev–Trinajstić information content (AvgIpc) is 2.42. The van der Waals surface area contributed by atoms with Crippen LogP contribution in [0.25, 0.3) is 0 Å². The quantitative estimate of drug-likeness (QED) is 0.929. The lowest BCUT2D eigenvalue weighted by molar-refractivity contribution is 0.328. The maximum Gasteiger partial charge on any atom is 0.198 e. The van der Waals surface area contributed by atoms with Gasteiger partial charge in [0.1, 0.15) is 0 Å². The zero-order chi connectivity index (χ0) is 13.1. The van der Waals surface area contributed by atoms with E-state index in [1.807, 2.05) is 0 Å². The van der Waals surface area contributed by atoms with Crippen LogP contribution in [0.4, 0.5) is 4.39 Å². The van der Waals surface area contributed by atoms with E-state index in [1.165, 1.54) is 7.11 Å². The predicted octanol–water partition coefficient (Wildman–Crippen LogP) is 3.07. The number of hydrogen-bond donors (Lipinski definition) is 1. The van der Waals surface area contributed by atoms with Crippen LogP contribution in [0, 0.1) is 5.82 Å². The van der Waals surface area contributed by atoms with Crippen molar-refractivity contribution in [1.82, 2.24) is 5.32 Å². The van der Waals surface area contributed by atoms with Crippen LogP contribution in [-0.2, 0) is 0 Å². The van der Waals surface area contributed by atoms with Gasteiger partial charge in [-0.05, 0) is 41.4 Å². The Hall–Kier alpha value is -0.810. The number of ether oxygens (including phenoxy) is 2. The molecule has 0 bridgehead atoms. The summed E-state index contributed by atoms with van der Waals surface area (Å²) in [5, 5.41) is 3.35. The van der Waals surface area contributed by atoms with Crippen LogP contribution in [0.3, 0.4) is 0 Å². The molecule has 1 heterocycles. The largest absolute Gasteiger partial charge is 0.492 e. The predicted molar refractivity (Wildman–Crippen MR) is 72.0 cm³/mol. The molecule has 1 aliphatic heterocycles. The van der Waals surface area contributed by atoms with Gasteiger partial charge in [-0.2, -0.15) is 0 Å². The summed E-state index contributed by atoms with van der Waals surface area (Å²) in [6, 6.07) is 1.80. The Morgan fingerprint density at radius 3 is 2.61 bits per heavy atom. The second-order valence-corrected chi connectivity index (χ2v) is 5.23. The summed E-state index contributed by atoms with van der Waals surface area (Å²) in [5.41, 5.74) is 0.995. The van der Waals surface area contributed by atoms with Gasteiger partial charge in [0.2, 0.25) is 0 Å². The van der Waals surface area contributed by atoms with E-state index in [0.717, 1.165) is 31.5 Å². The van der Waals surface area contributed by atoms with E-state index in [1.54, 1.807) is 13.2 Å². The zero-order valence-corrected chi connectivity index (χ0v) is 12.1. The van der Waals surface area contributed by atoms with Gasteiger partial charge in [-0.3, -0.25) is 0 Å². The lowest BCUT2D eigenvalue weighted by Gasteiger charge is -2.26. The molecule has 18 heavy (non-hydrogen) atoms. The van der Waals surface area contributed by atoms with Gasteiger partial charge < -0.3 is 14.8 Å². The van der Waals surface area contributed by atoms with Crippen molar-refractivity contribution in [2.24, 2.45) is 0 Å². The lowest BCUT2D eigenvalue weighted by Crippen LogP contribution is -2.28. The Labute approximate surface area is 115 Å². The second-order valence-electron chi connectivity index (χ2n) is 4.37. The minimum Gasteiger partial charge on any atom is -0.492 e. The van der Waals surface area contributed by atoms with Crippen LogP contribution < -0.4 is 14.8 Å². The molecule has 0 amide bonds. The van der Waals surface area contributed by atoms with Crippen LogP contribution in [0.5, 0.6) is 11.5 Å². The van der Waals surface area contributed by atoms with E-state index in [9.17, 15) is 4.39 Å².